The van der Waals surface area contributed by atoms with Gasteiger partial charge in [0.2, 0.25) is 0 Å². The molecule has 2 aromatic heterocycles. The van der Waals surface area contributed by atoms with Crippen LogP contribution >= 0.6 is 15.9 Å². The van der Waals surface area contributed by atoms with Crippen molar-refractivity contribution >= 4 is 21.6 Å². The number of pyridine rings is 1. The molecule has 2 rings (SSSR count). The van der Waals surface area contributed by atoms with E-state index in [9.17, 15) is 0 Å². The zero-order valence-corrected chi connectivity index (χ0v) is 10.7. The molecular weight excluding hydrogens is 252 g/mol. The van der Waals surface area contributed by atoms with Crippen molar-refractivity contribution in [2.24, 2.45) is 5.41 Å². The fourth-order valence-electron chi connectivity index (χ4n) is 1.61. The van der Waals surface area contributed by atoms with Gasteiger partial charge in [-0.1, -0.05) is 35.8 Å². The molecule has 0 aliphatic heterocycles. The lowest BCUT2D eigenvalue weighted by molar-refractivity contribution is 0.420. The summed E-state index contributed by atoms with van der Waals surface area (Å²) >= 11 is 3.54. The Kier molecular flexibility index (Phi) is 2.83. The average molecular weight is 267 g/mol. The number of hydrogen-bond acceptors (Lipinski definition) is 1. The third kappa shape index (κ3) is 2.40. The summed E-state index contributed by atoms with van der Waals surface area (Å²) < 4.78 is 2.07. The molecule has 80 valence electrons. The fraction of sp³-hybridized carbons (Fsp3) is 0.417. The highest BCUT2D eigenvalue weighted by Crippen LogP contribution is 2.23. The Morgan fingerprint density at radius 1 is 1.40 bits per heavy atom. The number of imidazole rings is 1. The van der Waals surface area contributed by atoms with E-state index in [1.54, 1.807) is 0 Å². The van der Waals surface area contributed by atoms with Gasteiger partial charge in [0.1, 0.15) is 5.65 Å². The van der Waals surface area contributed by atoms with E-state index in [0.717, 1.165) is 23.1 Å². The van der Waals surface area contributed by atoms with Crippen LogP contribution in [-0.4, -0.2) is 14.7 Å². The van der Waals surface area contributed by atoms with Crippen molar-refractivity contribution in [2.45, 2.75) is 20.3 Å². The molecule has 0 aliphatic carbocycles. The number of alkyl halides is 1. The molecule has 0 radical (unpaired) electrons. The Bertz CT molecular complexity index is 426. The third-order valence-corrected chi connectivity index (χ3v) is 3.95. The van der Waals surface area contributed by atoms with E-state index in [0.29, 0.717) is 0 Å². The van der Waals surface area contributed by atoms with Gasteiger partial charge in [-0.2, -0.15) is 0 Å². The topological polar surface area (TPSA) is 17.3 Å². The highest BCUT2D eigenvalue weighted by molar-refractivity contribution is 9.09. The monoisotopic (exact) mass is 266 g/mol. The van der Waals surface area contributed by atoms with E-state index < -0.39 is 0 Å². The van der Waals surface area contributed by atoms with Crippen molar-refractivity contribution in [3.63, 3.8) is 0 Å². The second kappa shape index (κ2) is 3.97. The second-order valence-electron chi connectivity index (χ2n) is 4.67. The van der Waals surface area contributed by atoms with Crippen LogP contribution < -0.4 is 0 Å². The van der Waals surface area contributed by atoms with Crippen LogP contribution in [0.1, 0.15) is 19.5 Å². The van der Waals surface area contributed by atoms with E-state index in [1.165, 1.54) is 0 Å². The lowest BCUT2D eigenvalue weighted by Gasteiger charge is -2.19. The first-order valence-electron chi connectivity index (χ1n) is 5.09. The quantitative estimate of drug-likeness (QED) is 0.780. The van der Waals surface area contributed by atoms with Gasteiger partial charge in [-0.15, -0.1) is 0 Å². The van der Waals surface area contributed by atoms with Gasteiger partial charge >= 0.3 is 0 Å². The summed E-state index contributed by atoms with van der Waals surface area (Å²) in [6, 6.07) is 6.07. The van der Waals surface area contributed by atoms with Crippen LogP contribution in [0.5, 0.6) is 0 Å². The summed E-state index contributed by atoms with van der Waals surface area (Å²) in [7, 11) is 0. The van der Waals surface area contributed by atoms with Gasteiger partial charge in [0.05, 0.1) is 5.69 Å². The minimum atomic E-state index is 0.262. The van der Waals surface area contributed by atoms with E-state index in [-0.39, 0.29) is 5.41 Å². The number of hydrogen-bond donors (Lipinski definition) is 0. The molecule has 0 spiro atoms. The summed E-state index contributed by atoms with van der Waals surface area (Å²) in [5.41, 5.74) is 2.45. The Hall–Kier alpha value is -0.830. The smallest absolute Gasteiger partial charge is 0.136 e. The minimum Gasteiger partial charge on any atom is -0.307 e. The molecule has 0 saturated carbocycles. The van der Waals surface area contributed by atoms with Crippen LogP contribution in [0.2, 0.25) is 0 Å². The van der Waals surface area contributed by atoms with Gasteiger partial charge in [-0.3, -0.25) is 0 Å². The average Bonchev–Trinajstić information content (AvgIpc) is 2.58. The van der Waals surface area contributed by atoms with Crippen molar-refractivity contribution < 1.29 is 0 Å². The molecule has 0 aliphatic rings. The Labute approximate surface area is 98.5 Å². The molecule has 15 heavy (non-hydrogen) atoms. The Morgan fingerprint density at radius 3 is 2.87 bits per heavy atom. The zero-order chi connectivity index (χ0) is 10.9. The first-order valence-corrected chi connectivity index (χ1v) is 6.21. The Balaban J connectivity index is 2.30. The summed E-state index contributed by atoms with van der Waals surface area (Å²) in [6.07, 6.45) is 5.15. The van der Waals surface area contributed by atoms with E-state index in [4.69, 9.17) is 0 Å². The van der Waals surface area contributed by atoms with Gasteiger partial charge in [0.15, 0.2) is 0 Å². The molecule has 0 bridgehead atoms. The predicted octanol–water partition coefficient (Wildman–Crippen LogP) is 3.30. The highest BCUT2D eigenvalue weighted by Gasteiger charge is 2.18. The van der Waals surface area contributed by atoms with E-state index >= 15 is 0 Å². The van der Waals surface area contributed by atoms with Gasteiger partial charge in [-0.25, -0.2) is 4.98 Å². The molecule has 3 heteroatoms. The number of rotatable bonds is 3. The number of fused-ring (bicyclic) bond motifs is 1. The van der Waals surface area contributed by atoms with Gasteiger partial charge in [0, 0.05) is 17.7 Å². The fourth-order valence-corrected chi connectivity index (χ4v) is 1.81. The van der Waals surface area contributed by atoms with Crippen LogP contribution in [0.3, 0.4) is 0 Å². The predicted molar refractivity (Wildman–Crippen MR) is 66.5 cm³/mol. The van der Waals surface area contributed by atoms with Crippen molar-refractivity contribution in [1.82, 2.24) is 9.38 Å². The maximum absolute atomic E-state index is 4.59. The van der Waals surface area contributed by atoms with Crippen molar-refractivity contribution in [1.29, 1.82) is 0 Å². The van der Waals surface area contributed by atoms with Gasteiger partial charge < -0.3 is 4.40 Å². The number of nitrogens with zero attached hydrogens (tertiary/aromatic N) is 2. The molecule has 0 saturated heterocycles. The zero-order valence-electron chi connectivity index (χ0n) is 9.07. The summed E-state index contributed by atoms with van der Waals surface area (Å²) in [5, 5.41) is 0.994. The van der Waals surface area contributed by atoms with Crippen molar-refractivity contribution in [2.75, 3.05) is 5.33 Å². The van der Waals surface area contributed by atoms with Crippen LogP contribution in [0.4, 0.5) is 0 Å². The number of aromatic nitrogens is 2. The summed E-state index contributed by atoms with van der Waals surface area (Å²) in [5.74, 6) is 0. The van der Waals surface area contributed by atoms with Gasteiger partial charge in [-0.05, 0) is 24.0 Å². The minimum absolute atomic E-state index is 0.262. The van der Waals surface area contributed by atoms with Crippen molar-refractivity contribution in [3.05, 3.63) is 36.3 Å². The van der Waals surface area contributed by atoms with Crippen LogP contribution in [0.25, 0.3) is 5.65 Å². The molecule has 0 fully saturated rings. The van der Waals surface area contributed by atoms with Crippen LogP contribution in [0.15, 0.2) is 30.6 Å². The second-order valence-corrected chi connectivity index (χ2v) is 5.23. The first-order chi connectivity index (χ1) is 7.11. The molecule has 2 aromatic rings. The summed E-state index contributed by atoms with van der Waals surface area (Å²) in [4.78, 5) is 4.59. The molecular formula is C12H15BrN2. The largest absolute Gasteiger partial charge is 0.307 e. The van der Waals surface area contributed by atoms with Crippen molar-refractivity contribution in [3.8, 4) is 0 Å². The molecule has 0 amide bonds. The van der Waals surface area contributed by atoms with Crippen LogP contribution in [0, 0.1) is 5.41 Å². The van der Waals surface area contributed by atoms with E-state index in [2.05, 4.69) is 45.4 Å². The molecule has 0 N–H and O–H groups in total. The van der Waals surface area contributed by atoms with Crippen LogP contribution in [-0.2, 0) is 6.42 Å². The molecule has 2 heterocycles. The normalized spacial score (nSPS) is 12.2. The van der Waals surface area contributed by atoms with E-state index in [1.807, 2.05) is 24.4 Å². The molecule has 0 unspecified atom stereocenters. The molecule has 0 aromatic carbocycles. The SMILES string of the molecule is CC(C)(CBr)Cc1cn2ccccc2n1. The molecule has 0 atom stereocenters. The molecule has 2 nitrogen and oxygen atoms in total. The maximum atomic E-state index is 4.59. The summed E-state index contributed by atoms with van der Waals surface area (Å²) in [6.45, 7) is 4.48. The third-order valence-electron chi connectivity index (χ3n) is 2.44. The lowest BCUT2D eigenvalue weighted by atomic mass is 9.91. The maximum Gasteiger partial charge on any atom is 0.136 e. The lowest BCUT2D eigenvalue weighted by Crippen LogP contribution is -2.16. The van der Waals surface area contributed by atoms with Gasteiger partial charge in [0.25, 0.3) is 0 Å². The highest BCUT2D eigenvalue weighted by atomic mass is 79.9. The number of halogens is 1. The first kappa shape index (κ1) is 10.7. The Morgan fingerprint density at radius 2 is 2.20 bits per heavy atom. The standard InChI is InChI=1S/C12H15BrN2/c1-12(2,9-13)7-10-8-15-6-4-3-5-11(15)14-10/h3-6,8H,7,9H2,1-2H3.